The van der Waals surface area contributed by atoms with Gasteiger partial charge in [0.25, 0.3) is 5.91 Å². The third-order valence-corrected chi connectivity index (χ3v) is 6.12. The first-order chi connectivity index (χ1) is 15.5. The average molecular weight is 499 g/mol. The van der Waals surface area contributed by atoms with Crippen molar-refractivity contribution < 1.29 is 19.1 Å². The van der Waals surface area contributed by atoms with Gasteiger partial charge in [-0.3, -0.25) is 9.59 Å². The van der Waals surface area contributed by atoms with Crippen molar-refractivity contribution in [3.8, 4) is 11.5 Å². The number of nitrogens with one attached hydrogen (secondary N) is 1. The van der Waals surface area contributed by atoms with E-state index in [1.165, 1.54) is 0 Å². The molecule has 3 rings (SSSR count). The van der Waals surface area contributed by atoms with Crippen LogP contribution >= 0.6 is 15.9 Å². The molecule has 0 fully saturated rings. The van der Waals surface area contributed by atoms with Gasteiger partial charge in [-0.1, -0.05) is 49.4 Å². The smallest absolute Gasteiger partial charge is 0.261 e. The lowest BCUT2D eigenvalue weighted by Gasteiger charge is -2.30. The maximum Gasteiger partial charge on any atom is 0.261 e. The van der Waals surface area contributed by atoms with E-state index in [9.17, 15) is 9.59 Å². The van der Waals surface area contributed by atoms with Gasteiger partial charge in [-0.25, -0.2) is 0 Å². The van der Waals surface area contributed by atoms with E-state index < -0.39 is 6.04 Å². The molecule has 1 N–H and O–H groups in total. The van der Waals surface area contributed by atoms with Gasteiger partial charge in [0.05, 0.1) is 11.6 Å². The highest BCUT2D eigenvalue weighted by atomic mass is 79.9. The summed E-state index contributed by atoms with van der Waals surface area (Å²) < 4.78 is 12.0. The number of benzene rings is 3. The lowest BCUT2D eigenvalue weighted by atomic mass is 10.1. The van der Waals surface area contributed by atoms with Gasteiger partial charge in [-0.05, 0) is 56.9 Å². The standard InChI is InChI=1S/C25H27BrN2O4/c1-4-21(25(30)27-2)28(15-17-8-7-10-19(14-17)31-3)23(29)16-32-22-13-12-18-9-5-6-11-20(18)24(22)26/h5-14,21H,4,15-16H2,1-3H3,(H,27,30)/t21-/m0/s1. The van der Waals surface area contributed by atoms with E-state index in [1.807, 2.05) is 67.6 Å². The van der Waals surface area contributed by atoms with E-state index in [0.717, 1.165) is 20.8 Å². The molecule has 0 unspecified atom stereocenters. The molecule has 3 aromatic rings. The minimum Gasteiger partial charge on any atom is -0.497 e. The Morgan fingerprint density at radius 3 is 2.59 bits per heavy atom. The van der Waals surface area contributed by atoms with Gasteiger partial charge in [0.2, 0.25) is 5.91 Å². The predicted octanol–water partition coefficient (Wildman–Crippen LogP) is 4.54. The Balaban J connectivity index is 1.82. The van der Waals surface area contributed by atoms with Crippen LogP contribution in [0.25, 0.3) is 10.8 Å². The fourth-order valence-electron chi connectivity index (χ4n) is 3.60. The van der Waals surface area contributed by atoms with Crippen molar-refractivity contribution in [3.63, 3.8) is 0 Å². The summed E-state index contributed by atoms with van der Waals surface area (Å²) in [5.41, 5.74) is 0.868. The number of hydrogen-bond donors (Lipinski definition) is 1. The summed E-state index contributed by atoms with van der Waals surface area (Å²) in [5, 5.41) is 4.73. The molecule has 0 aliphatic carbocycles. The van der Waals surface area contributed by atoms with Crippen LogP contribution in [0.5, 0.6) is 11.5 Å². The van der Waals surface area contributed by atoms with Gasteiger partial charge < -0.3 is 19.7 Å². The molecule has 0 saturated carbocycles. The van der Waals surface area contributed by atoms with Crippen molar-refractivity contribution in [2.45, 2.75) is 25.9 Å². The van der Waals surface area contributed by atoms with Crippen molar-refractivity contribution >= 4 is 38.5 Å². The van der Waals surface area contributed by atoms with E-state index in [2.05, 4.69) is 21.2 Å². The summed E-state index contributed by atoms with van der Waals surface area (Å²) in [6.45, 7) is 1.96. The number of amides is 2. The van der Waals surface area contributed by atoms with Crippen LogP contribution in [-0.2, 0) is 16.1 Å². The number of halogens is 1. The molecule has 0 aliphatic rings. The Bertz CT molecular complexity index is 1100. The second-order valence-electron chi connectivity index (χ2n) is 7.30. The third kappa shape index (κ3) is 5.40. The number of likely N-dealkylation sites (N-methyl/N-ethyl adjacent to an activating group) is 1. The van der Waals surface area contributed by atoms with Crippen LogP contribution in [0.4, 0.5) is 0 Å². The highest BCUT2D eigenvalue weighted by Crippen LogP contribution is 2.33. The first-order valence-corrected chi connectivity index (χ1v) is 11.2. The number of ether oxygens (including phenoxy) is 2. The van der Waals surface area contributed by atoms with Gasteiger partial charge in [-0.15, -0.1) is 0 Å². The lowest BCUT2D eigenvalue weighted by Crippen LogP contribution is -2.49. The van der Waals surface area contributed by atoms with Gasteiger partial charge in [-0.2, -0.15) is 0 Å². The first-order valence-electron chi connectivity index (χ1n) is 10.4. The molecule has 1 atom stereocenters. The second-order valence-corrected chi connectivity index (χ2v) is 8.09. The largest absolute Gasteiger partial charge is 0.497 e. The summed E-state index contributed by atoms with van der Waals surface area (Å²) in [4.78, 5) is 27.3. The molecule has 0 bridgehead atoms. The fourth-order valence-corrected chi connectivity index (χ4v) is 4.21. The van der Waals surface area contributed by atoms with Crippen molar-refractivity contribution in [3.05, 3.63) is 70.7 Å². The molecule has 0 radical (unpaired) electrons. The Hall–Kier alpha value is -3.06. The Morgan fingerprint density at radius 2 is 1.88 bits per heavy atom. The highest BCUT2D eigenvalue weighted by molar-refractivity contribution is 9.10. The number of carbonyl (C=O) groups excluding carboxylic acids is 2. The third-order valence-electron chi connectivity index (χ3n) is 5.30. The number of nitrogens with zero attached hydrogens (tertiary/aromatic N) is 1. The number of methoxy groups -OCH3 is 1. The molecule has 0 spiro atoms. The second kappa shape index (κ2) is 11.0. The molecule has 0 saturated heterocycles. The molecular weight excluding hydrogens is 472 g/mol. The van der Waals surface area contributed by atoms with Gasteiger partial charge in [0, 0.05) is 13.6 Å². The topological polar surface area (TPSA) is 67.9 Å². The summed E-state index contributed by atoms with van der Waals surface area (Å²) in [6, 6.07) is 18.6. The summed E-state index contributed by atoms with van der Waals surface area (Å²) in [7, 11) is 3.17. The van der Waals surface area contributed by atoms with Crippen molar-refractivity contribution in [2.75, 3.05) is 20.8 Å². The summed E-state index contributed by atoms with van der Waals surface area (Å²) >= 11 is 3.59. The van der Waals surface area contributed by atoms with Gasteiger partial charge in [0.15, 0.2) is 6.61 Å². The van der Waals surface area contributed by atoms with Crippen LogP contribution in [0.2, 0.25) is 0 Å². The zero-order chi connectivity index (χ0) is 23.1. The Morgan fingerprint density at radius 1 is 1.09 bits per heavy atom. The molecular formula is C25H27BrN2O4. The fraction of sp³-hybridized carbons (Fsp3) is 0.280. The predicted molar refractivity (Wildman–Crippen MR) is 129 cm³/mol. The van der Waals surface area contributed by atoms with Crippen LogP contribution in [0.15, 0.2) is 65.1 Å². The van der Waals surface area contributed by atoms with Gasteiger partial charge in [0.1, 0.15) is 17.5 Å². The lowest BCUT2D eigenvalue weighted by molar-refractivity contribution is -0.142. The molecule has 0 heterocycles. The number of rotatable bonds is 9. The molecule has 32 heavy (non-hydrogen) atoms. The molecule has 3 aromatic carbocycles. The normalized spacial score (nSPS) is 11.6. The zero-order valence-electron chi connectivity index (χ0n) is 18.4. The monoisotopic (exact) mass is 498 g/mol. The molecule has 0 aromatic heterocycles. The van der Waals surface area contributed by atoms with Crippen molar-refractivity contribution in [1.29, 1.82) is 0 Å². The van der Waals surface area contributed by atoms with Gasteiger partial charge >= 0.3 is 0 Å². The van der Waals surface area contributed by atoms with E-state index in [1.54, 1.807) is 19.1 Å². The zero-order valence-corrected chi connectivity index (χ0v) is 20.0. The number of carbonyl (C=O) groups is 2. The molecule has 168 valence electrons. The molecule has 2 amide bonds. The number of hydrogen-bond acceptors (Lipinski definition) is 4. The highest BCUT2D eigenvalue weighted by Gasteiger charge is 2.28. The van der Waals surface area contributed by atoms with Crippen LogP contribution in [0, 0.1) is 0 Å². The first kappa shape index (κ1) is 23.6. The molecule has 0 aliphatic heterocycles. The number of fused-ring (bicyclic) bond motifs is 1. The molecule has 7 heteroatoms. The van der Waals surface area contributed by atoms with Crippen molar-refractivity contribution in [1.82, 2.24) is 10.2 Å². The van der Waals surface area contributed by atoms with Crippen LogP contribution in [0.1, 0.15) is 18.9 Å². The van der Waals surface area contributed by atoms with Crippen LogP contribution in [0.3, 0.4) is 0 Å². The van der Waals surface area contributed by atoms with E-state index in [4.69, 9.17) is 9.47 Å². The maximum absolute atomic E-state index is 13.2. The van der Waals surface area contributed by atoms with Crippen LogP contribution < -0.4 is 14.8 Å². The van der Waals surface area contributed by atoms with E-state index >= 15 is 0 Å². The van der Waals surface area contributed by atoms with Crippen LogP contribution in [-0.4, -0.2) is 43.5 Å². The average Bonchev–Trinajstić information content (AvgIpc) is 2.83. The minimum atomic E-state index is -0.609. The SMILES string of the molecule is CC[C@@H](C(=O)NC)N(Cc1cccc(OC)c1)C(=O)COc1ccc2ccccc2c1Br. The summed E-state index contributed by atoms with van der Waals surface area (Å²) in [5.74, 6) is 0.782. The molecule has 6 nitrogen and oxygen atoms in total. The minimum absolute atomic E-state index is 0.186. The van der Waals surface area contributed by atoms with Crippen molar-refractivity contribution in [2.24, 2.45) is 0 Å². The maximum atomic E-state index is 13.2. The quantitative estimate of drug-likeness (QED) is 0.470. The summed E-state index contributed by atoms with van der Waals surface area (Å²) in [6.07, 6.45) is 0.481. The Labute approximate surface area is 196 Å². The Kier molecular flexibility index (Phi) is 8.11. The van der Waals surface area contributed by atoms with E-state index in [0.29, 0.717) is 17.9 Å². The van der Waals surface area contributed by atoms with E-state index in [-0.39, 0.29) is 25.0 Å².